The van der Waals surface area contributed by atoms with Crippen molar-refractivity contribution in [2.45, 2.75) is 6.18 Å². The second-order valence-electron chi connectivity index (χ2n) is 5.88. The first kappa shape index (κ1) is 21.3. The van der Waals surface area contributed by atoms with Crippen LogP contribution in [0.1, 0.15) is 26.4 Å². The number of nitrogens with two attached hydrogens (primary N) is 1. The van der Waals surface area contributed by atoms with Crippen LogP contribution in [-0.2, 0) is 10.9 Å². The molecule has 0 saturated carbocycles. The fourth-order valence-corrected chi connectivity index (χ4v) is 2.85. The fraction of sp³-hybridized carbons (Fsp3) is 0.111. The predicted octanol–water partition coefficient (Wildman–Crippen LogP) is 3.67. The van der Waals surface area contributed by atoms with E-state index in [0.717, 1.165) is 18.3 Å². The number of carbonyl (C=O) groups excluding carboxylic acids is 2. The Labute approximate surface area is 176 Å². The Balaban J connectivity index is 1.84. The third-order valence-corrected chi connectivity index (χ3v) is 4.54. The van der Waals surface area contributed by atoms with E-state index < -0.39 is 23.6 Å². The molecule has 0 unspecified atom stereocenters. The Morgan fingerprint density at radius 1 is 1.20 bits per heavy atom. The van der Waals surface area contributed by atoms with Gasteiger partial charge >= 0.3 is 12.1 Å². The van der Waals surface area contributed by atoms with E-state index in [1.165, 1.54) is 36.1 Å². The summed E-state index contributed by atoms with van der Waals surface area (Å²) in [6.07, 6.45) is -3.60. The summed E-state index contributed by atoms with van der Waals surface area (Å²) in [5.74, 6) is -1.61. The molecule has 2 heterocycles. The van der Waals surface area contributed by atoms with E-state index in [1.807, 2.05) is 0 Å². The van der Waals surface area contributed by atoms with Gasteiger partial charge in [-0.1, -0.05) is 0 Å². The Morgan fingerprint density at radius 2 is 1.87 bits per heavy atom. The molecule has 3 rings (SSSR count). The molecule has 1 aromatic carbocycles. The number of carbonyl (C=O) groups is 2. The number of amides is 1. The number of anilines is 2. The van der Waals surface area contributed by atoms with Gasteiger partial charge in [0.05, 0.1) is 18.4 Å². The zero-order chi connectivity index (χ0) is 22.1. The van der Waals surface area contributed by atoms with Crippen molar-refractivity contribution in [3.05, 3.63) is 64.0 Å². The number of hydrogen-bond donors (Lipinski definition) is 2. The molecule has 30 heavy (non-hydrogen) atoms. The number of benzene rings is 1. The van der Waals surface area contributed by atoms with Gasteiger partial charge in [0, 0.05) is 11.8 Å². The van der Waals surface area contributed by atoms with Crippen molar-refractivity contribution in [2.24, 2.45) is 0 Å². The van der Waals surface area contributed by atoms with Crippen LogP contribution in [0.2, 0.25) is 0 Å². The van der Waals surface area contributed by atoms with Crippen molar-refractivity contribution in [3.8, 4) is 5.69 Å². The number of pyridine rings is 1. The lowest BCUT2D eigenvalue weighted by Crippen LogP contribution is -2.15. The summed E-state index contributed by atoms with van der Waals surface area (Å²) in [4.78, 5) is 28.0. The zero-order valence-corrected chi connectivity index (χ0v) is 16.8. The predicted molar refractivity (Wildman–Crippen MR) is 104 cm³/mol. The number of rotatable bonds is 4. The van der Waals surface area contributed by atoms with Crippen LogP contribution in [0.25, 0.3) is 5.69 Å². The minimum absolute atomic E-state index is 0.00487. The van der Waals surface area contributed by atoms with Gasteiger partial charge in [0.1, 0.15) is 11.5 Å². The lowest BCUT2D eigenvalue weighted by Gasteiger charge is -2.10. The fourth-order valence-electron chi connectivity index (χ4n) is 2.50. The molecule has 0 bridgehead atoms. The average molecular weight is 484 g/mol. The van der Waals surface area contributed by atoms with Crippen LogP contribution in [0, 0.1) is 0 Å². The van der Waals surface area contributed by atoms with E-state index in [0.29, 0.717) is 5.69 Å². The SMILES string of the molecule is COC(=O)c1c(N)c(Br)nn1-c1ccc(C(=O)Nc2cc(C(F)(F)F)ccn2)cc1. The first-order valence-electron chi connectivity index (χ1n) is 8.19. The van der Waals surface area contributed by atoms with Gasteiger partial charge in [-0.25, -0.2) is 14.5 Å². The Kier molecular flexibility index (Phi) is 5.78. The van der Waals surface area contributed by atoms with Gasteiger partial charge in [-0.2, -0.15) is 18.3 Å². The van der Waals surface area contributed by atoms with Crippen LogP contribution in [0.5, 0.6) is 0 Å². The Morgan fingerprint density at radius 3 is 2.47 bits per heavy atom. The van der Waals surface area contributed by atoms with Crippen molar-refractivity contribution in [3.63, 3.8) is 0 Å². The second-order valence-corrected chi connectivity index (χ2v) is 6.64. The molecule has 0 radical (unpaired) electrons. The van der Waals surface area contributed by atoms with Crippen LogP contribution >= 0.6 is 15.9 Å². The molecule has 0 aliphatic heterocycles. The molecule has 0 aliphatic carbocycles. The molecule has 3 aromatic rings. The van der Waals surface area contributed by atoms with Crippen molar-refractivity contribution in [1.82, 2.24) is 14.8 Å². The number of alkyl halides is 3. The number of aromatic nitrogens is 3. The summed E-state index contributed by atoms with van der Waals surface area (Å²) < 4.78 is 44.5. The summed E-state index contributed by atoms with van der Waals surface area (Å²) in [5, 5.41) is 6.42. The maximum absolute atomic E-state index is 12.8. The first-order chi connectivity index (χ1) is 14.1. The van der Waals surface area contributed by atoms with Crippen LogP contribution < -0.4 is 11.1 Å². The number of methoxy groups -OCH3 is 1. The monoisotopic (exact) mass is 483 g/mol. The summed E-state index contributed by atoms with van der Waals surface area (Å²) in [5.41, 5.74) is 5.54. The second kappa shape index (κ2) is 8.14. The van der Waals surface area contributed by atoms with Crippen LogP contribution in [0.3, 0.4) is 0 Å². The van der Waals surface area contributed by atoms with Gasteiger partial charge in [0.2, 0.25) is 0 Å². The third-order valence-electron chi connectivity index (χ3n) is 3.96. The summed E-state index contributed by atoms with van der Waals surface area (Å²) in [6, 6.07) is 7.33. The molecule has 156 valence electrons. The molecule has 0 aliphatic rings. The summed E-state index contributed by atoms with van der Waals surface area (Å²) >= 11 is 3.14. The molecular formula is C18H13BrF3N5O3. The van der Waals surface area contributed by atoms with Gasteiger partial charge < -0.3 is 15.8 Å². The van der Waals surface area contributed by atoms with Gasteiger partial charge in [-0.15, -0.1) is 0 Å². The van der Waals surface area contributed by atoms with Crippen molar-refractivity contribution < 1.29 is 27.5 Å². The third kappa shape index (κ3) is 4.27. The molecule has 0 spiro atoms. The van der Waals surface area contributed by atoms with E-state index in [-0.39, 0.29) is 27.4 Å². The van der Waals surface area contributed by atoms with Crippen molar-refractivity contribution in [1.29, 1.82) is 0 Å². The number of esters is 1. The normalized spacial score (nSPS) is 11.2. The van der Waals surface area contributed by atoms with Gasteiger partial charge in [0.25, 0.3) is 5.91 Å². The Bertz CT molecular complexity index is 1110. The topological polar surface area (TPSA) is 112 Å². The van der Waals surface area contributed by atoms with E-state index >= 15 is 0 Å². The average Bonchev–Trinajstić information content (AvgIpc) is 3.01. The van der Waals surface area contributed by atoms with E-state index in [9.17, 15) is 22.8 Å². The first-order valence-corrected chi connectivity index (χ1v) is 8.98. The maximum atomic E-state index is 12.8. The summed E-state index contributed by atoms with van der Waals surface area (Å²) in [7, 11) is 1.20. The number of halogens is 4. The molecule has 8 nitrogen and oxygen atoms in total. The lowest BCUT2D eigenvalue weighted by molar-refractivity contribution is -0.137. The molecule has 1 amide bonds. The zero-order valence-electron chi connectivity index (χ0n) is 15.2. The van der Waals surface area contributed by atoms with Crippen molar-refractivity contribution >= 4 is 39.3 Å². The van der Waals surface area contributed by atoms with Gasteiger partial charge in [-0.05, 0) is 52.3 Å². The molecule has 3 N–H and O–H groups in total. The van der Waals surface area contributed by atoms with Crippen LogP contribution in [-0.4, -0.2) is 33.8 Å². The van der Waals surface area contributed by atoms with Crippen molar-refractivity contribution in [2.75, 3.05) is 18.2 Å². The summed E-state index contributed by atoms with van der Waals surface area (Å²) in [6.45, 7) is 0. The highest BCUT2D eigenvalue weighted by Crippen LogP contribution is 2.30. The van der Waals surface area contributed by atoms with E-state index in [4.69, 9.17) is 10.5 Å². The Hall–Kier alpha value is -3.41. The highest BCUT2D eigenvalue weighted by molar-refractivity contribution is 9.10. The molecule has 12 heteroatoms. The van der Waals surface area contributed by atoms with Gasteiger partial charge in [0.15, 0.2) is 10.3 Å². The number of nitrogens with one attached hydrogen (secondary N) is 1. The quantitative estimate of drug-likeness (QED) is 0.547. The molecule has 0 saturated heterocycles. The largest absolute Gasteiger partial charge is 0.464 e. The molecular weight excluding hydrogens is 471 g/mol. The smallest absolute Gasteiger partial charge is 0.416 e. The van der Waals surface area contributed by atoms with E-state index in [2.05, 4.69) is 31.3 Å². The highest BCUT2D eigenvalue weighted by Gasteiger charge is 2.31. The molecule has 2 aromatic heterocycles. The number of nitrogen functional groups attached to an aromatic ring is 1. The lowest BCUT2D eigenvalue weighted by atomic mass is 10.2. The van der Waals surface area contributed by atoms with E-state index in [1.54, 1.807) is 0 Å². The minimum atomic E-state index is -4.55. The number of ether oxygens (including phenoxy) is 1. The maximum Gasteiger partial charge on any atom is 0.416 e. The number of hydrogen-bond acceptors (Lipinski definition) is 6. The van der Waals surface area contributed by atoms with Crippen LogP contribution in [0.4, 0.5) is 24.7 Å². The van der Waals surface area contributed by atoms with Crippen LogP contribution in [0.15, 0.2) is 47.2 Å². The standard InChI is InChI=1S/C18H13BrF3N5O3/c1-30-17(29)14-13(23)15(19)26-27(14)11-4-2-9(3-5-11)16(28)25-12-8-10(6-7-24-12)18(20,21)22/h2-8H,23H2,1H3,(H,24,25,28). The number of nitrogens with zero attached hydrogens (tertiary/aromatic N) is 3. The molecule has 0 fully saturated rings. The molecule has 0 atom stereocenters. The highest BCUT2D eigenvalue weighted by atomic mass is 79.9. The van der Waals surface area contributed by atoms with Gasteiger partial charge in [-0.3, -0.25) is 4.79 Å². The minimum Gasteiger partial charge on any atom is -0.464 e.